The zero-order valence-electron chi connectivity index (χ0n) is 13.4. The molecule has 0 spiro atoms. The fourth-order valence-electron chi connectivity index (χ4n) is 3.26. The fraction of sp³-hybridized carbons (Fsp3) is 0.611. The van der Waals surface area contributed by atoms with Gasteiger partial charge in [-0.05, 0) is 36.7 Å². The third kappa shape index (κ3) is 4.57. The van der Waals surface area contributed by atoms with Crippen LogP contribution in [0.1, 0.15) is 57.6 Å². The van der Waals surface area contributed by atoms with Crippen molar-refractivity contribution in [2.75, 3.05) is 6.54 Å². The van der Waals surface area contributed by atoms with Gasteiger partial charge in [-0.3, -0.25) is 0 Å². The van der Waals surface area contributed by atoms with Gasteiger partial charge in [-0.15, -0.1) is 0 Å². The SMILES string of the molecule is CC(C)(C)c1ccc(C[NH+](CC(=O)[O-])C2CCCC2)cc1. The second-order valence-corrected chi connectivity index (χ2v) is 7.31. The number of quaternary nitrogens is 1. The Kier molecular flexibility index (Phi) is 5.04. The molecule has 21 heavy (non-hydrogen) atoms. The summed E-state index contributed by atoms with van der Waals surface area (Å²) in [6, 6.07) is 9.10. The van der Waals surface area contributed by atoms with Crippen molar-refractivity contribution in [3.8, 4) is 0 Å². The van der Waals surface area contributed by atoms with Crippen LogP contribution < -0.4 is 10.0 Å². The molecular formula is C18H27NO2. The van der Waals surface area contributed by atoms with E-state index in [1.54, 1.807) is 0 Å². The van der Waals surface area contributed by atoms with Gasteiger partial charge in [0.1, 0.15) is 13.1 Å². The highest BCUT2D eigenvalue weighted by Gasteiger charge is 2.26. The molecule has 1 fully saturated rings. The smallest absolute Gasteiger partial charge is 0.118 e. The van der Waals surface area contributed by atoms with E-state index >= 15 is 0 Å². The molecule has 1 saturated carbocycles. The maximum atomic E-state index is 11.0. The van der Waals surface area contributed by atoms with Crippen LogP contribution in [0.3, 0.4) is 0 Å². The second-order valence-electron chi connectivity index (χ2n) is 7.31. The molecule has 3 nitrogen and oxygen atoms in total. The van der Waals surface area contributed by atoms with Crippen molar-refractivity contribution < 1.29 is 14.8 Å². The van der Waals surface area contributed by atoms with Crippen molar-refractivity contribution in [1.29, 1.82) is 0 Å². The summed E-state index contributed by atoms with van der Waals surface area (Å²) in [5.41, 5.74) is 2.68. The first-order valence-corrected chi connectivity index (χ1v) is 8.00. The van der Waals surface area contributed by atoms with Crippen molar-refractivity contribution >= 4 is 5.97 Å². The molecule has 1 aromatic carbocycles. The maximum absolute atomic E-state index is 11.0. The van der Waals surface area contributed by atoms with E-state index in [0.29, 0.717) is 6.04 Å². The van der Waals surface area contributed by atoms with Gasteiger partial charge in [-0.25, -0.2) is 0 Å². The lowest BCUT2D eigenvalue weighted by Gasteiger charge is -2.26. The second kappa shape index (κ2) is 6.61. The van der Waals surface area contributed by atoms with Crippen LogP contribution in [-0.2, 0) is 16.8 Å². The number of hydrogen-bond acceptors (Lipinski definition) is 2. The van der Waals surface area contributed by atoms with E-state index in [0.717, 1.165) is 24.3 Å². The van der Waals surface area contributed by atoms with E-state index in [1.807, 2.05) is 0 Å². The Labute approximate surface area is 128 Å². The van der Waals surface area contributed by atoms with E-state index in [2.05, 4.69) is 45.0 Å². The minimum atomic E-state index is -0.941. The Bertz CT molecular complexity index is 467. The van der Waals surface area contributed by atoms with Gasteiger partial charge in [0.2, 0.25) is 0 Å². The largest absolute Gasteiger partial charge is 0.544 e. The van der Waals surface area contributed by atoms with Crippen LogP contribution in [0.5, 0.6) is 0 Å². The summed E-state index contributed by atoms with van der Waals surface area (Å²) in [5.74, 6) is -0.941. The topological polar surface area (TPSA) is 44.6 Å². The molecule has 0 aromatic heterocycles. The summed E-state index contributed by atoms with van der Waals surface area (Å²) in [6.07, 6.45) is 4.74. The number of nitrogens with one attached hydrogen (secondary N) is 1. The first-order valence-electron chi connectivity index (χ1n) is 8.00. The van der Waals surface area contributed by atoms with Crippen LogP contribution in [0.4, 0.5) is 0 Å². The van der Waals surface area contributed by atoms with Crippen LogP contribution in [0.25, 0.3) is 0 Å². The molecular weight excluding hydrogens is 262 g/mol. The van der Waals surface area contributed by atoms with E-state index in [4.69, 9.17) is 0 Å². The molecule has 1 N–H and O–H groups in total. The number of rotatable bonds is 5. The molecule has 1 atom stereocenters. The fourth-order valence-corrected chi connectivity index (χ4v) is 3.26. The molecule has 1 aromatic rings. The molecule has 1 aliphatic carbocycles. The van der Waals surface area contributed by atoms with Crippen molar-refractivity contribution in [2.24, 2.45) is 0 Å². The minimum absolute atomic E-state index is 0.117. The molecule has 3 heteroatoms. The van der Waals surface area contributed by atoms with Gasteiger partial charge in [0.05, 0.1) is 12.0 Å². The lowest BCUT2D eigenvalue weighted by Crippen LogP contribution is -3.15. The normalized spacial score (nSPS) is 17.9. The number of hydrogen-bond donors (Lipinski definition) is 1. The molecule has 0 amide bonds. The molecule has 0 heterocycles. The Hall–Kier alpha value is -1.35. The predicted molar refractivity (Wildman–Crippen MR) is 81.9 cm³/mol. The third-order valence-electron chi connectivity index (χ3n) is 4.56. The highest BCUT2D eigenvalue weighted by Crippen LogP contribution is 2.22. The summed E-state index contributed by atoms with van der Waals surface area (Å²) in [5, 5.41) is 11.0. The molecule has 2 rings (SSSR count). The Balaban J connectivity index is 2.07. The van der Waals surface area contributed by atoms with Crippen LogP contribution >= 0.6 is 0 Å². The third-order valence-corrected chi connectivity index (χ3v) is 4.56. The summed E-state index contributed by atoms with van der Waals surface area (Å²) < 4.78 is 0. The number of benzene rings is 1. The summed E-state index contributed by atoms with van der Waals surface area (Å²) in [7, 11) is 0. The van der Waals surface area contributed by atoms with Crippen LogP contribution in [0.15, 0.2) is 24.3 Å². The highest BCUT2D eigenvalue weighted by molar-refractivity contribution is 5.65. The van der Waals surface area contributed by atoms with E-state index in [9.17, 15) is 9.90 Å². The quantitative estimate of drug-likeness (QED) is 0.881. The Morgan fingerprint density at radius 1 is 1.19 bits per heavy atom. The summed E-state index contributed by atoms with van der Waals surface area (Å²) in [4.78, 5) is 12.2. The lowest BCUT2D eigenvalue weighted by atomic mass is 9.86. The summed E-state index contributed by atoms with van der Waals surface area (Å²) >= 11 is 0. The van der Waals surface area contributed by atoms with E-state index in [1.165, 1.54) is 24.0 Å². The van der Waals surface area contributed by atoms with Gasteiger partial charge in [0.25, 0.3) is 0 Å². The monoisotopic (exact) mass is 289 g/mol. The maximum Gasteiger partial charge on any atom is 0.118 e. The predicted octanol–water partition coefficient (Wildman–Crippen LogP) is 1.06. The number of carbonyl (C=O) groups is 1. The molecule has 0 bridgehead atoms. The van der Waals surface area contributed by atoms with Crippen molar-refractivity contribution in [2.45, 2.75) is 64.5 Å². The van der Waals surface area contributed by atoms with Gasteiger partial charge < -0.3 is 14.8 Å². The molecule has 0 aliphatic heterocycles. The first-order chi connectivity index (χ1) is 9.86. The van der Waals surface area contributed by atoms with E-state index in [-0.39, 0.29) is 12.0 Å². The van der Waals surface area contributed by atoms with Crippen molar-refractivity contribution in [3.05, 3.63) is 35.4 Å². The number of carboxylic acid groups (broad SMARTS) is 1. The summed E-state index contributed by atoms with van der Waals surface area (Å²) in [6.45, 7) is 7.51. The zero-order chi connectivity index (χ0) is 15.5. The standard InChI is InChI=1S/C18H27NO2/c1-18(2,3)15-10-8-14(9-11-15)12-19(13-17(20)21)16-6-4-5-7-16/h8-11,16H,4-7,12-13H2,1-3H3,(H,20,21). The average molecular weight is 289 g/mol. The van der Waals surface area contributed by atoms with Gasteiger partial charge in [0, 0.05) is 5.56 Å². The van der Waals surface area contributed by atoms with E-state index < -0.39 is 5.97 Å². The van der Waals surface area contributed by atoms with Crippen molar-refractivity contribution in [3.63, 3.8) is 0 Å². The molecule has 1 aliphatic rings. The van der Waals surface area contributed by atoms with Crippen LogP contribution in [0, 0.1) is 0 Å². The van der Waals surface area contributed by atoms with Gasteiger partial charge in [-0.2, -0.15) is 0 Å². The number of aliphatic carboxylic acids is 1. The highest BCUT2D eigenvalue weighted by atomic mass is 16.4. The van der Waals surface area contributed by atoms with Gasteiger partial charge in [0.15, 0.2) is 0 Å². The molecule has 0 saturated heterocycles. The van der Waals surface area contributed by atoms with Gasteiger partial charge >= 0.3 is 0 Å². The molecule has 1 unspecified atom stereocenters. The minimum Gasteiger partial charge on any atom is -0.544 e. The Morgan fingerprint density at radius 2 is 1.76 bits per heavy atom. The van der Waals surface area contributed by atoms with Crippen LogP contribution in [-0.4, -0.2) is 18.6 Å². The van der Waals surface area contributed by atoms with Gasteiger partial charge in [-0.1, -0.05) is 45.0 Å². The van der Waals surface area contributed by atoms with Crippen molar-refractivity contribution in [1.82, 2.24) is 0 Å². The molecule has 116 valence electrons. The van der Waals surface area contributed by atoms with Crippen LogP contribution in [0.2, 0.25) is 0 Å². The average Bonchev–Trinajstić information content (AvgIpc) is 2.90. The number of carboxylic acids is 1. The number of carbonyl (C=O) groups excluding carboxylic acids is 1. The first kappa shape index (κ1) is 16.0. The zero-order valence-corrected chi connectivity index (χ0v) is 13.4. The Morgan fingerprint density at radius 3 is 2.24 bits per heavy atom. The molecule has 0 radical (unpaired) electrons. The lowest BCUT2D eigenvalue weighted by molar-refractivity contribution is -0.932.